The van der Waals surface area contributed by atoms with Crippen molar-refractivity contribution >= 4 is 11.6 Å². The van der Waals surface area contributed by atoms with Crippen LogP contribution in [0.1, 0.15) is 35.0 Å². The highest BCUT2D eigenvalue weighted by Crippen LogP contribution is 2.40. The Bertz CT molecular complexity index is 798. The molecule has 0 unspecified atom stereocenters. The highest BCUT2D eigenvalue weighted by Gasteiger charge is 2.41. The lowest BCUT2D eigenvalue weighted by molar-refractivity contribution is -0.124. The molecule has 2 atom stereocenters. The molecule has 0 saturated carbocycles. The predicted molar refractivity (Wildman–Crippen MR) is 89.8 cm³/mol. The fourth-order valence-electron chi connectivity index (χ4n) is 3.99. The molecule has 1 saturated heterocycles. The first kappa shape index (κ1) is 15.3. The van der Waals surface area contributed by atoms with Gasteiger partial charge in [0.05, 0.1) is 17.7 Å². The van der Waals surface area contributed by atoms with Gasteiger partial charge in [-0.25, -0.2) is 0 Å². The molecule has 1 fully saturated rings. The van der Waals surface area contributed by atoms with Crippen molar-refractivity contribution in [2.45, 2.75) is 32.8 Å². The summed E-state index contributed by atoms with van der Waals surface area (Å²) in [6.07, 6.45) is 5.05. The average molecular weight is 326 g/mol. The van der Waals surface area contributed by atoms with E-state index in [0.29, 0.717) is 6.61 Å². The molecule has 2 aromatic rings. The van der Waals surface area contributed by atoms with Crippen LogP contribution in [0, 0.1) is 19.8 Å². The van der Waals surface area contributed by atoms with E-state index in [0.717, 1.165) is 47.6 Å². The van der Waals surface area contributed by atoms with Crippen molar-refractivity contribution in [3.8, 4) is 0 Å². The molecule has 6 heteroatoms. The summed E-state index contributed by atoms with van der Waals surface area (Å²) < 4.78 is 7.85. The molecular formula is C18H22N4O2. The van der Waals surface area contributed by atoms with Gasteiger partial charge in [-0.1, -0.05) is 0 Å². The van der Waals surface area contributed by atoms with E-state index in [1.807, 2.05) is 42.7 Å². The number of anilines is 1. The molecule has 2 aliphatic heterocycles. The summed E-state index contributed by atoms with van der Waals surface area (Å²) in [5.74, 6) is 0.0100. The maximum absolute atomic E-state index is 13.2. The molecule has 6 nitrogen and oxygen atoms in total. The molecule has 1 amide bonds. The van der Waals surface area contributed by atoms with Crippen LogP contribution < -0.4 is 4.90 Å². The molecule has 0 bridgehead atoms. The lowest BCUT2D eigenvalue weighted by atomic mass is 9.92. The van der Waals surface area contributed by atoms with Gasteiger partial charge in [-0.3, -0.25) is 14.5 Å². The zero-order valence-corrected chi connectivity index (χ0v) is 14.3. The van der Waals surface area contributed by atoms with Crippen molar-refractivity contribution in [2.24, 2.45) is 13.0 Å². The van der Waals surface area contributed by atoms with Gasteiger partial charge in [0.2, 0.25) is 5.91 Å². The van der Waals surface area contributed by atoms with Gasteiger partial charge in [0.1, 0.15) is 0 Å². The van der Waals surface area contributed by atoms with E-state index in [1.54, 1.807) is 6.20 Å². The van der Waals surface area contributed by atoms with E-state index in [9.17, 15) is 4.79 Å². The largest absolute Gasteiger partial charge is 0.373 e. The lowest BCUT2D eigenvalue weighted by Crippen LogP contribution is -2.36. The van der Waals surface area contributed by atoms with Crippen molar-refractivity contribution in [3.63, 3.8) is 0 Å². The Hall–Kier alpha value is -2.21. The van der Waals surface area contributed by atoms with Crippen LogP contribution >= 0.6 is 0 Å². The van der Waals surface area contributed by atoms with Crippen LogP contribution in [0.5, 0.6) is 0 Å². The number of pyridine rings is 1. The Labute approximate surface area is 141 Å². The monoisotopic (exact) mass is 326 g/mol. The number of ether oxygens (including phenoxy) is 1. The third-order valence-electron chi connectivity index (χ3n) is 5.30. The molecule has 0 N–H and O–H groups in total. The quantitative estimate of drug-likeness (QED) is 0.848. The Morgan fingerprint density at radius 3 is 2.96 bits per heavy atom. The minimum absolute atomic E-state index is 0.147. The number of carbonyl (C=O) groups excluding carboxylic acids is 1. The summed E-state index contributed by atoms with van der Waals surface area (Å²) in [6, 6.07) is 1.94. The third-order valence-corrected chi connectivity index (χ3v) is 5.30. The van der Waals surface area contributed by atoms with Crippen molar-refractivity contribution in [1.29, 1.82) is 0 Å². The number of hydrogen-bond acceptors (Lipinski definition) is 4. The molecule has 4 rings (SSSR count). The average Bonchev–Trinajstić information content (AvgIpc) is 3.26. The molecule has 4 heterocycles. The third kappa shape index (κ3) is 2.24. The highest BCUT2D eigenvalue weighted by atomic mass is 16.5. The van der Waals surface area contributed by atoms with Gasteiger partial charge in [-0.2, -0.15) is 5.10 Å². The Balaban J connectivity index is 1.65. The SMILES string of the molecule is Cc1nn(C)c(C)c1[C@H]1OCC[C@@H]1C(=O)N1CCc2cnccc21. The van der Waals surface area contributed by atoms with Gasteiger partial charge in [0.25, 0.3) is 0 Å². The second-order valence-electron chi connectivity index (χ2n) is 6.64. The maximum Gasteiger partial charge on any atom is 0.233 e. The van der Waals surface area contributed by atoms with Gasteiger partial charge in [-0.05, 0) is 38.3 Å². The zero-order valence-electron chi connectivity index (χ0n) is 14.3. The smallest absolute Gasteiger partial charge is 0.233 e. The van der Waals surface area contributed by atoms with Crippen LogP contribution in [0.2, 0.25) is 0 Å². The van der Waals surface area contributed by atoms with Gasteiger partial charge in [-0.15, -0.1) is 0 Å². The minimum Gasteiger partial charge on any atom is -0.373 e. The van der Waals surface area contributed by atoms with E-state index in [-0.39, 0.29) is 17.9 Å². The molecular weight excluding hydrogens is 304 g/mol. The number of amides is 1. The van der Waals surface area contributed by atoms with Crippen LogP contribution in [-0.2, 0) is 23.0 Å². The van der Waals surface area contributed by atoms with Crippen molar-refractivity contribution in [1.82, 2.24) is 14.8 Å². The normalized spacial score (nSPS) is 22.9. The molecule has 0 radical (unpaired) electrons. The van der Waals surface area contributed by atoms with Gasteiger partial charge in [0.15, 0.2) is 0 Å². The topological polar surface area (TPSA) is 60.3 Å². The summed E-state index contributed by atoms with van der Waals surface area (Å²) in [5, 5.41) is 4.49. The Kier molecular flexibility index (Phi) is 3.64. The second kappa shape index (κ2) is 5.70. The Morgan fingerprint density at radius 1 is 1.38 bits per heavy atom. The number of aromatic nitrogens is 3. The standard InChI is InChI=1S/C18H22N4O2/c1-11-16(12(2)21(3)20-11)17-14(6-9-24-17)18(23)22-8-5-13-10-19-7-4-15(13)22/h4,7,10,14,17H,5-6,8-9H2,1-3H3/t14-,17-/m0/s1. The Morgan fingerprint density at radius 2 is 2.21 bits per heavy atom. The van der Waals surface area contributed by atoms with Gasteiger partial charge < -0.3 is 9.64 Å². The maximum atomic E-state index is 13.2. The molecule has 126 valence electrons. The molecule has 2 aliphatic rings. The molecule has 0 aliphatic carbocycles. The summed E-state index contributed by atoms with van der Waals surface area (Å²) in [6.45, 7) is 5.37. The van der Waals surface area contributed by atoms with Crippen molar-refractivity contribution in [3.05, 3.63) is 41.0 Å². The predicted octanol–water partition coefficient (Wildman–Crippen LogP) is 2.10. The number of hydrogen-bond donors (Lipinski definition) is 0. The van der Waals surface area contributed by atoms with Crippen molar-refractivity contribution in [2.75, 3.05) is 18.1 Å². The van der Waals surface area contributed by atoms with E-state index < -0.39 is 0 Å². The molecule has 2 aromatic heterocycles. The number of rotatable bonds is 2. The fourth-order valence-corrected chi connectivity index (χ4v) is 3.99. The summed E-state index contributed by atoms with van der Waals surface area (Å²) in [5.41, 5.74) is 5.24. The van der Waals surface area contributed by atoms with E-state index >= 15 is 0 Å². The first-order chi connectivity index (χ1) is 11.6. The number of carbonyl (C=O) groups is 1. The van der Waals surface area contributed by atoms with Crippen LogP contribution in [-0.4, -0.2) is 33.8 Å². The second-order valence-corrected chi connectivity index (χ2v) is 6.64. The fraction of sp³-hybridized carbons (Fsp3) is 0.500. The van der Waals surface area contributed by atoms with E-state index in [4.69, 9.17) is 4.74 Å². The minimum atomic E-state index is -0.197. The highest BCUT2D eigenvalue weighted by molar-refractivity contribution is 5.97. The van der Waals surface area contributed by atoms with Crippen LogP contribution in [0.3, 0.4) is 0 Å². The number of fused-ring (bicyclic) bond motifs is 1. The number of nitrogens with zero attached hydrogens (tertiary/aromatic N) is 4. The van der Waals surface area contributed by atoms with E-state index in [2.05, 4.69) is 10.1 Å². The summed E-state index contributed by atoms with van der Waals surface area (Å²) in [4.78, 5) is 19.3. The zero-order chi connectivity index (χ0) is 16.8. The summed E-state index contributed by atoms with van der Waals surface area (Å²) >= 11 is 0. The van der Waals surface area contributed by atoms with E-state index in [1.165, 1.54) is 0 Å². The van der Waals surface area contributed by atoms with Crippen LogP contribution in [0.4, 0.5) is 5.69 Å². The molecule has 24 heavy (non-hydrogen) atoms. The number of aryl methyl sites for hydroxylation is 2. The molecule has 0 aromatic carbocycles. The van der Waals surface area contributed by atoms with Gasteiger partial charge in [0, 0.05) is 49.5 Å². The molecule has 0 spiro atoms. The first-order valence-electron chi connectivity index (χ1n) is 8.44. The summed E-state index contributed by atoms with van der Waals surface area (Å²) in [7, 11) is 1.93. The first-order valence-corrected chi connectivity index (χ1v) is 8.44. The van der Waals surface area contributed by atoms with Gasteiger partial charge >= 0.3 is 0 Å². The van der Waals surface area contributed by atoms with Crippen molar-refractivity contribution < 1.29 is 9.53 Å². The van der Waals surface area contributed by atoms with Crippen LogP contribution in [0.15, 0.2) is 18.5 Å². The lowest BCUT2D eigenvalue weighted by Gasteiger charge is -2.25. The van der Waals surface area contributed by atoms with Crippen LogP contribution in [0.25, 0.3) is 0 Å².